The fraction of sp³-hybridized carbons (Fsp3) is 0.462. The van der Waals surface area contributed by atoms with Crippen LogP contribution in [0, 0.1) is 0 Å². The molecule has 0 heterocycles. The molecule has 1 aliphatic rings. The number of allylic oxidation sites excluding steroid dienone is 2. The SMILES string of the molecule is O=C(O)/C=C/CCN(C(=O)C(Cl)Cl)C1=CCCCC1=O. The van der Waals surface area contributed by atoms with Crippen LogP contribution in [0.2, 0.25) is 0 Å². The van der Waals surface area contributed by atoms with E-state index in [2.05, 4.69) is 0 Å². The predicted molar refractivity (Wildman–Crippen MR) is 75.5 cm³/mol. The van der Waals surface area contributed by atoms with Crippen LogP contribution in [0.15, 0.2) is 23.9 Å². The normalized spacial score (nSPS) is 15.6. The summed E-state index contributed by atoms with van der Waals surface area (Å²) in [6, 6.07) is 0. The second-order valence-corrected chi connectivity index (χ2v) is 5.32. The summed E-state index contributed by atoms with van der Waals surface area (Å²) in [5, 5.41) is 8.49. The highest BCUT2D eigenvalue weighted by Gasteiger charge is 2.27. The Bertz CT molecular complexity index is 457. The highest BCUT2D eigenvalue weighted by atomic mass is 35.5. The van der Waals surface area contributed by atoms with Crippen molar-refractivity contribution >= 4 is 40.9 Å². The summed E-state index contributed by atoms with van der Waals surface area (Å²) in [5.41, 5.74) is 0.302. The van der Waals surface area contributed by atoms with Crippen LogP contribution < -0.4 is 0 Å². The Hall–Kier alpha value is -1.33. The zero-order chi connectivity index (χ0) is 15.1. The molecule has 1 rings (SSSR count). The summed E-state index contributed by atoms with van der Waals surface area (Å²) in [6.45, 7) is 0.163. The number of nitrogens with zero attached hydrogens (tertiary/aromatic N) is 1. The van der Waals surface area contributed by atoms with Crippen molar-refractivity contribution in [2.45, 2.75) is 30.5 Å². The highest BCUT2D eigenvalue weighted by Crippen LogP contribution is 2.21. The lowest BCUT2D eigenvalue weighted by Gasteiger charge is -2.26. The second-order valence-electron chi connectivity index (χ2n) is 4.22. The van der Waals surface area contributed by atoms with E-state index in [1.54, 1.807) is 6.08 Å². The Labute approximate surface area is 126 Å². The number of aliphatic carboxylic acids is 1. The van der Waals surface area contributed by atoms with Gasteiger partial charge in [-0.1, -0.05) is 35.4 Å². The van der Waals surface area contributed by atoms with Crippen molar-refractivity contribution < 1.29 is 19.5 Å². The van der Waals surface area contributed by atoms with Crippen LogP contribution in [-0.4, -0.2) is 39.0 Å². The molecule has 7 heteroatoms. The number of carbonyl (C=O) groups excluding carboxylic acids is 2. The first-order chi connectivity index (χ1) is 9.43. The molecule has 1 aliphatic carbocycles. The van der Waals surface area contributed by atoms with E-state index in [-0.39, 0.29) is 12.3 Å². The Morgan fingerprint density at radius 3 is 2.70 bits per heavy atom. The summed E-state index contributed by atoms with van der Waals surface area (Å²) in [7, 11) is 0. The van der Waals surface area contributed by atoms with Gasteiger partial charge < -0.3 is 10.0 Å². The molecule has 0 spiro atoms. The van der Waals surface area contributed by atoms with Gasteiger partial charge in [-0.05, 0) is 19.3 Å². The summed E-state index contributed by atoms with van der Waals surface area (Å²) in [6.07, 6.45) is 6.24. The van der Waals surface area contributed by atoms with Crippen LogP contribution in [0.1, 0.15) is 25.7 Å². The molecule has 5 nitrogen and oxygen atoms in total. The Kier molecular flexibility index (Phi) is 6.75. The predicted octanol–water partition coefficient (Wildman–Crippen LogP) is 2.29. The maximum Gasteiger partial charge on any atom is 0.327 e. The van der Waals surface area contributed by atoms with Crippen molar-refractivity contribution in [2.75, 3.05) is 6.54 Å². The van der Waals surface area contributed by atoms with E-state index in [1.807, 2.05) is 0 Å². The smallest absolute Gasteiger partial charge is 0.327 e. The first-order valence-electron chi connectivity index (χ1n) is 6.16. The van der Waals surface area contributed by atoms with E-state index in [9.17, 15) is 14.4 Å². The molecule has 0 saturated carbocycles. The molecule has 0 aliphatic heterocycles. The van der Waals surface area contributed by atoms with Gasteiger partial charge in [-0.15, -0.1) is 0 Å². The molecular weight excluding hydrogens is 305 g/mol. The molecule has 1 amide bonds. The lowest BCUT2D eigenvalue weighted by molar-refractivity contribution is -0.131. The first kappa shape index (κ1) is 16.7. The lowest BCUT2D eigenvalue weighted by atomic mass is 10.0. The minimum atomic E-state index is -1.26. The van der Waals surface area contributed by atoms with Gasteiger partial charge in [-0.25, -0.2) is 4.79 Å². The summed E-state index contributed by atoms with van der Waals surface area (Å²) in [4.78, 5) is 34.1. The molecule has 1 N–H and O–H groups in total. The Morgan fingerprint density at radius 2 is 2.15 bits per heavy atom. The average molecular weight is 320 g/mol. The van der Waals surface area contributed by atoms with Crippen molar-refractivity contribution in [3.05, 3.63) is 23.9 Å². The zero-order valence-electron chi connectivity index (χ0n) is 10.7. The number of ketones is 1. The summed E-state index contributed by atoms with van der Waals surface area (Å²) < 4.78 is 0. The average Bonchev–Trinajstić information content (AvgIpc) is 2.39. The topological polar surface area (TPSA) is 74.7 Å². The number of halogens is 2. The highest BCUT2D eigenvalue weighted by molar-refractivity contribution is 6.53. The van der Waals surface area contributed by atoms with Crippen LogP contribution in [0.3, 0.4) is 0 Å². The zero-order valence-corrected chi connectivity index (χ0v) is 12.2. The Morgan fingerprint density at radius 1 is 1.45 bits per heavy atom. The number of carboxylic acid groups (broad SMARTS) is 1. The van der Waals surface area contributed by atoms with Gasteiger partial charge in [0, 0.05) is 19.0 Å². The van der Waals surface area contributed by atoms with Crippen LogP contribution in [0.4, 0.5) is 0 Å². The molecule has 0 aromatic rings. The number of alkyl halides is 2. The van der Waals surface area contributed by atoms with Gasteiger partial charge in [0.15, 0.2) is 10.6 Å². The van der Waals surface area contributed by atoms with Gasteiger partial charge in [0.1, 0.15) is 0 Å². The molecule has 0 atom stereocenters. The van der Waals surface area contributed by atoms with Gasteiger partial charge >= 0.3 is 5.97 Å². The van der Waals surface area contributed by atoms with E-state index in [0.29, 0.717) is 25.0 Å². The van der Waals surface area contributed by atoms with Gasteiger partial charge in [-0.2, -0.15) is 0 Å². The summed E-state index contributed by atoms with van der Waals surface area (Å²) in [5.74, 6) is -1.76. The summed E-state index contributed by atoms with van der Waals surface area (Å²) >= 11 is 11.2. The Balaban J connectivity index is 2.80. The molecule has 0 saturated heterocycles. The number of rotatable bonds is 6. The monoisotopic (exact) mass is 319 g/mol. The van der Waals surface area contributed by atoms with E-state index in [1.165, 1.54) is 11.0 Å². The van der Waals surface area contributed by atoms with Crippen LogP contribution in [0.5, 0.6) is 0 Å². The molecule has 0 aromatic carbocycles. The van der Waals surface area contributed by atoms with E-state index < -0.39 is 16.7 Å². The molecule has 0 unspecified atom stereocenters. The molecule has 0 bridgehead atoms. The quantitative estimate of drug-likeness (QED) is 0.602. The number of carbonyl (C=O) groups is 3. The standard InChI is InChI=1S/C13H15Cl2NO4/c14-12(15)13(20)16(8-4-3-7-11(18)19)9-5-1-2-6-10(9)17/h3,5,7,12H,1-2,4,6,8H2,(H,18,19)/b7-3+. The fourth-order valence-corrected chi connectivity index (χ4v) is 2.09. The molecule has 0 fully saturated rings. The van der Waals surface area contributed by atoms with Crippen molar-refractivity contribution in [2.24, 2.45) is 0 Å². The number of hydrogen-bond acceptors (Lipinski definition) is 3. The van der Waals surface area contributed by atoms with Crippen LogP contribution in [0.25, 0.3) is 0 Å². The molecule has 110 valence electrons. The number of carboxylic acids is 1. The third-order valence-corrected chi connectivity index (χ3v) is 3.13. The van der Waals surface area contributed by atoms with Gasteiger partial charge in [-0.3, -0.25) is 9.59 Å². The molecule has 0 radical (unpaired) electrons. The molecule has 20 heavy (non-hydrogen) atoms. The van der Waals surface area contributed by atoms with Gasteiger partial charge in [0.25, 0.3) is 5.91 Å². The molecule has 0 aromatic heterocycles. The van der Waals surface area contributed by atoms with Crippen molar-refractivity contribution in [3.8, 4) is 0 Å². The molecular formula is C13H15Cl2NO4. The van der Waals surface area contributed by atoms with Gasteiger partial charge in [0.2, 0.25) is 0 Å². The largest absolute Gasteiger partial charge is 0.478 e. The second kappa shape index (κ2) is 8.07. The third-order valence-electron chi connectivity index (χ3n) is 2.75. The van der Waals surface area contributed by atoms with Crippen molar-refractivity contribution in [1.82, 2.24) is 4.90 Å². The lowest BCUT2D eigenvalue weighted by Crippen LogP contribution is -2.38. The van der Waals surface area contributed by atoms with Gasteiger partial charge in [0.05, 0.1) is 5.70 Å². The number of hydrogen-bond donors (Lipinski definition) is 1. The van der Waals surface area contributed by atoms with Crippen LogP contribution >= 0.6 is 23.2 Å². The third kappa shape index (κ3) is 4.98. The minimum absolute atomic E-state index is 0.124. The van der Waals surface area contributed by atoms with E-state index in [0.717, 1.165) is 12.5 Å². The van der Waals surface area contributed by atoms with Crippen molar-refractivity contribution in [3.63, 3.8) is 0 Å². The van der Waals surface area contributed by atoms with Crippen LogP contribution in [-0.2, 0) is 14.4 Å². The maximum atomic E-state index is 11.9. The number of amides is 1. The van der Waals surface area contributed by atoms with Crippen molar-refractivity contribution in [1.29, 1.82) is 0 Å². The maximum absolute atomic E-state index is 11.9. The van der Waals surface area contributed by atoms with E-state index in [4.69, 9.17) is 28.3 Å². The van der Waals surface area contributed by atoms with E-state index >= 15 is 0 Å². The fourth-order valence-electron chi connectivity index (χ4n) is 1.86. The minimum Gasteiger partial charge on any atom is -0.478 e. The number of Topliss-reactive ketones (excluding diaryl/α,β-unsaturated/α-hetero) is 1. The first-order valence-corrected chi connectivity index (χ1v) is 7.03.